The Kier molecular flexibility index (Phi) is 7.89. The van der Waals surface area contributed by atoms with Crippen LogP contribution < -0.4 is 0 Å². The Morgan fingerprint density at radius 1 is 1.00 bits per heavy atom. The highest BCUT2D eigenvalue weighted by atomic mass is 32.2. The van der Waals surface area contributed by atoms with Crippen LogP contribution in [0.3, 0.4) is 0 Å². The van der Waals surface area contributed by atoms with Crippen molar-refractivity contribution < 1.29 is 27.9 Å². The van der Waals surface area contributed by atoms with E-state index < -0.39 is 27.8 Å². The zero-order valence-corrected chi connectivity index (χ0v) is 21.3. The number of sulfonamides is 1. The molecule has 2 aliphatic heterocycles. The Hall–Kier alpha value is -3.05. The number of amides is 1. The standard InChI is InChI=1S/C26H31N3O6S/c1-27(2)36(33,34)21-11-9-20(10-12-21)24(30)22-23(19-7-4-3-5-8-19)29(26(32)25(22)31)14-6-13-28-15-17-35-18-16-28/h3-5,7-12,23,30H,6,13-18H2,1-2H3/b24-22+/t23-/m0/s1. The highest BCUT2D eigenvalue weighted by Crippen LogP contribution is 2.39. The Morgan fingerprint density at radius 2 is 1.64 bits per heavy atom. The topological polar surface area (TPSA) is 107 Å². The molecule has 0 spiro atoms. The molecule has 1 atom stereocenters. The van der Waals surface area contributed by atoms with Crippen molar-refractivity contribution in [1.82, 2.24) is 14.1 Å². The van der Waals surface area contributed by atoms with Crippen LogP contribution in [0.1, 0.15) is 23.6 Å². The minimum atomic E-state index is -3.65. The highest BCUT2D eigenvalue weighted by Gasteiger charge is 2.45. The monoisotopic (exact) mass is 513 g/mol. The summed E-state index contributed by atoms with van der Waals surface area (Å²) in [5, 5.41) is 11.2. The Bertz CT molecular complexity index is 1240. The zero-order valence-electron chi connectivity index (χ0n) is 20.5. The van der Waals surface area contributed by atoms with E-state index in [1.54, 1.807) is 0 Å². The lowest BCUT2D eigenvalue weighted by Gasteiger charge is -2.29. The van der Waals surface area contributed by atoms with Crippen molar-refractivity contribution in [3.8, 4) is 0 Å². The number of carbonyl (C=O) groups excluding carboxylic acids is 2. The fourth-order valence-electron chi connectivity index (χ4n) is 4.53. The van der Waals surface area contributed by atoms with Crippen molar-refractivity contribution in [2.45, 2.75) is 17.4 Å². The number of aliphatic hydroxyl groups is 1. The van der Waals surface area contributed by atoms with Gasteiger partial charge in [-0.2, -0.15) is 0 Å². The first-order chi connectivity index (χ1) is 17.2. The number of aliphatic hydroxyl groups excluding tert-OH is 1. The van der Waals surface area contributed by atoms with Gasteiger partial charge >= 0.3 is 0 Å². The van der Waals surface area contributed by atoms with Crippen molar-refractivity contribution >= 4 is 27.5 Å². The van der Waals surface area contributed by atoms with Crippen LogP contribution in [0, 0.1) is 0 Å². The molecule has 0 radical (unpaired) electrons. The van der Waals surface area contributed by atoms with Crippen LogP contribution >= 0.6 is 0 Å². The van der Waals surface area contributed by atoms with E-state index in [0.29, 0.717) is 26.2 Å². The average molecular weight is 514 g/mol. The van der Waals surface area contributed by atoms with Gasteiger partial charge in [-0.15, -0.1) is 0 Å². The summed E-state index contributed by atoms with van der Waals surface area (Å²) in [5.74, 6) is -1.73. The van der Waals surface area contributed by atoms with Gasteiger partial charge in [-0.05, 0) is 36.2 Å². The molecular weight excluding hydrogens is 482 g/mol. The average Bonchev–Trinajstić information content (AvgIpc) is 3.14. The number of Topliss-reactive ketones (excluding diaryl/α,β-unsaturated/α-hetero) is 1. The van der Waals surface area contributed by atoms with Crippen molar-refractivity contribution in [3.05, 3.63) is 71.3 Å². The molecule has 0 aliphatic carbocycles. The molecule has 4 rings (SSSR count). The summed E-state index contributed by atoms with van der Waals surface area (Å²) < 4.78 is 31.3. The molecule has 9 nitrogen and oxygen atoms in total. The number of ketones is 1. The molecule has 0 aromatic heterocycles. The number of carbonyl (C=O) groups is 2. The van der Waals surface area contributed by atoms with E-state index in [-0.39, 0.29) is 21.8 Å². The second-order valence-electron chi connectivity index (χ2n) is 9.02. The molecule has 2 aromatic carbocycles. The van der Waals surface area contributed by atoms with E-state index in [0.717, 1.165) is 29.5 Å². The third-order valence-electron chi connectivity index (χ3n) is 6.54. The van der Waals surface area contributed by atoms with E-state index >= 15 is 0 Å². The highest BCUT2D eigenvalue weighted by molar-refractivity contribution is 7.89. The maximum Gasteiger partial charge on any atom is 0.295 e. The second kappa shape index (κ2) is 10.9. The molecule has 2 aromatic rings. The van der Waals surface area contributed by atoms with Crippen molar-refractivity contribution in [1.29, 1.82) is 0 Å². The molecule has 0 bridgehead atoms. The van der Waals surface area contributed by atoms with Crippen LogP contribution in [0.4, 0.5) is 0 Å². The zero-order chi connectivity index (χ0) is 25.9. The van der Waals surface area contributed by atoms with Gasteiger partial charge in [-0.25, -0.2) is 12.7 Å². The van der Waals surface area contributed by atoms with Crippen molar-refractivity contribution in [2.75, 3.05) is 53.5 Å². The number of hydrogen-bond donors (Lipinski definition) is 1. The number of rotatable bonds is 8. The quantitative estimate of drug-likeness (QED) is 0.327. The largest absolute Gasteiger partial charge is 0.507 e. The summed E-state index contributed by atoms with van der Waals surface area (Å²) in [4.78, 5) is 30.1. The molecule has 0 unspecified atom stereocenters. The predicted molar refractivity (Wildman–Crippen MR) is 135 cm³/mol. The lowest BCUT2D eigenvalue weighted by molar-refractivity contribution is -0.140. The molecule has 192 valence electrons. The smallest absolute Gasteiger partial charge is 0.295 e. The van der Waals surface area contributed by atoms with Gasteiger partial charge in [0.2, 0.25) is 10.0 Å². The number of benzene rings is 2. The van der Waals surface area contributed by atoms with Crippen molar-refractivity contribution in [2.24, 2.45) is 0 Å². The van der Waals surface area contributed by atoms with E-state index in [1.807, 2.05) is 30.3 Å². The number of likely N-dealkylation sites (tertiary alicyclic amines) is 1. The summed E-state index contributed by atoms with van der Waals surface area (Å²) >= 11 is 0. The molecule has 2 saturated heterocycles. The Balaban J connectivity index is 1.66. The van der Waals surface area contributed by atoms with Crippen LogP contribution in [0.15, 0.2) is 65.1 Å². The van der Waals surface area contributed by atoms with Crippen LogP contribution in [0.5, 0.6) is 0 Å². The van der Waals surface area contributed by atoms with E-state index in [9.17, 15) is 23.1 Å². The summed E-state index contributed by atoms with van der Waals surface area (Å²) in [6.45, 7) is 4.17. The predicted octanol–water partition coefficient (Wildman–Crippen LogP) is 2.08. The molecular formula is C26H31N3O6S. The number of nitrogens with zero attached hydrogens (tertiary/aromatic N) is 3. The minimum Gasteiger partial charge on any atom is -0.507 e. The second-order valence-corrected chi connectivity index (χ2v) is 11.2. The van der Waals surface area contributed by atoms with Gasteiger partial charge < -0.3 is 14.7 Å². The Labute approximate surface area is 211 Å². The van der Waals surface area contributed by atoms with Crippen molar-refractivity contribution in [3.63, 3.8) is 0 Å². The van der Waals surface area contributed by atoms with Crippen LogP contribution in [0.25, 0.3) is 5.76 Å². The lowest BCUT2D eigenvalue weighted by Crippen LogP contribution is -2.38. The number of morpholine rings is 1. The lowest BCUT2D eigenvalue weighted by atomic mass is 9.95. The van der Waals surface area contributed by atoms with Gasteiger partial charge in [0.15, 0.2) is 0 Å². The maximum absolute atomic E-state index is 13.2. The number of ether oxygens (including phenoxy) is 1. The molecule has 2 heterocycles. The summed E-state index contributed by atoms with van der Waals surface area (Å²) in [7, 11) is -0.777. The van der Waals surface area contributed by atoms with Gasteiger partial charge in [0.25, 0.3) is 11.7 Å². The van der Waals surface area contributed by atoms with Gasteiger partial charge in [-0.3, -0.25) is 14.5 Å². The summed E-state index contributed by atoms with van der Waals surface area (Å²) in [5.41, 5.74) is 0.983. The third-order valence-corrected chi connectivity index (χ3v) is 8.37. The Morgan fingerprint density at radius 3 is 2.25 bits per heavy atom. The maximum atomic E-state index is 13.2. The van der Waals surface area contributed by atoms with Crippen LogP contribution in [-0.2, 0) is 24.3 Å². The molecule has 2 aliphatic rings. The minimum absolute atomic E-state index is 0.000731. The van der Waals surface area contributed by atoms with Gasteiger partial charge in [-0.1, -0.05) is 30.3 Å². The SMILES string of the molecule is CN(C)S(=O)(=O)c1ccc(/C(O)=C2\C(=O)C(=O)N(CCCN3CCOCC3)[C@H]2c2ccccc2)cc1. The molecule has 10 heteroatoms. The van der Waals surface area contributed by atoms with E-state index in [4.69, 9.17) is 4.74 Å². The molecule has 2 fully saturated rings. The van der Waals surface area contributed by atoms with Crippen LogP contribution in [-0.4, -0.2) is 92.8 Å². The fourth-order valence-corrected chi connectivity index (χ4v) is 5.43. The van der Waals surface area contributed by atoms with Gasteiger partial charge in [0.1, 0.15) is 5.76 Å². The fraction of sp³-hybridized carbons (Fsp3) is 0.385. The first-order valence-corrected chi connectivity index (χ1v) is 13.3. The van der Waals surface area contributed by atoms with E-state index in [2.05, 4.69) is 4.90 Å². The third kappa shape index (κ3) is 5.22. The molecule has 36 heavy (non-hydrogen) atoms. The molecule has 1 amide bonds. The summed E-state index contributed by atoms with van der Waals surface area (Å²) in [6, 6.07) is 14.0. The first-order valence-electron chi connectivity index (χ1n) is 11.9. The molecule has 0 saturated carbocycles. The normalized spacial score (nSPS) is 20.9. The van der Waals surface area contributed by atoms with Gasteiger partial charge in [0, 0.05) is 45.8 Å². The van der Waals surface area contributed by atoms with Crippen LogP contribution in [0.2, 0.25) is 0 Å². The van der Waals surface area contributed by atoms with E-state index in [1.165, 1.54) is 43.3 Å². The number of hydrogen-bond acceptors (Lipinski definition) is 7. The first kappa shape index (κ1) is 26.0. The summed E-state index contributed by atoms with van der Waals surface area (Å²) in [6.07, 6.45) is 0.674. The molecule has 1 N–H and O–H groups in total. The van der Waals surface area contributed by atoms with Gasteiger partial charge in [0.05, 0.1) is 29.7 Å².